The molecule has 6 nitrogen and oxygen atoms in total. The van der Waals surface area contributed by atoms with Crippen LogP contribution >= 0.6 is 23.2 Å². The van der Waals surface area contributed by atoms with Crippen molar-refractivity contribution in [2.75, 3.05) is 10.6 Å². The third-order valence-corrected chi connectivity index (χ3v) is 8.00. The largest absolute Gasteiger partial charge is 0.487 e. The lowest BCUT2D eigenvalue weighted by Crippen LogP contribution is -2.52. The molecule has 0 aliphatic carbocycles. The van der Waals surface area contributed by atoms with Crippen molar-refractivity contribution in [3.8, 4) is 5.75 Å². The highest BCUT2D eigenvalue weighted by Gasteiger charge is 2.41. The van der Waals surface area contributed by atoms with Crippen molar-refractivity contribution in [1.29, 1.82) is 0 Å². The molecule has 0 spiro atoms. The van der Waals surface area contributed by atoms with Crippen LogP contribution in [0.1, 0.15) is 58.1 Å². The smallest absolute Gasteiger partial charge is 0.244 e. The van der Waals surface area contributed by atoms with E-state index >= 15 is 0 Å². The molecule has 9 heteroatoms. The summed E-state index contributed by atoms with van der Waals surface area (Å²) in [6.45, 7) is 5.90. The number of carbonyl (C=O) groups excluding carboxylic acids is 1. The Kier molecular flexibility index (Phi) is 7.87. The van der Waals surface area contributed by atoms with E-state index in [1.807, 2.05) is 24.3 Å². The fourth-order valence-electron chi connectivity index (χ4n) is 4.39. The summed E-state index contributed by atoms with van der Waals surface area (Å²) in [6.07, 6.45) is 3.47. The first-order valence-corrected chi connectivity index (χ1v) is 13.7. The SMILES string of the molecule is CC[C@@H](C(=O)N[C@H]1CC(CC)(CC)Oc2ccccc21)N(c1cc(Cl)ccc1Cl)S(C)(=O)=O. The quantitative estimate of drug-likeness (QED) is 0.489. The number of amides is 1. The van der Waals surface area contributed by atoms with Crippen LogP contribution in [-0.4, -0.2) is 32.2 Å². The first kappa shape index (κ1) is 25.7. The first-order chi connectivity index (χ1) is 15.5. The molecule has 0 radical (unpaired) electrons. The van der Waals surface area contributed by atoms with Gasteiger partial charge >= 0.3 is 0 Å². The first-order valence-electron chi connectivity index (χ1n) is 11.1. The fraction of sp³-hybridized carbons (Fsp3) is 0.458. The van der Waals surface area contributed by atoms with Crippen LogP contribution in [0.25, 0.3) is 0 Å². The van der Waals surface area contributed by atoms with E-state index in [-0.39, 0.29) is 23.2 Å². The normalized spacial score (nSPS) is 18.1. The highest BCUT2D eigenvalue weighted by molar-refractivity contribution is 7.92. The zero-order chi connectivity index (χ0) is 24.4. The molecule has 0 unspecified atom stereocenters. The topological polar surface area (TPSA) is 75.7 Å². The van der Waals surface area contributed by atoms with Gasteiger partial charge in [-0.15, -0.1) is 0 Å². The van der Waals surface area contributed by atoms with Gasteiger partial charge in [-0.25, -0.2) is 8.42 Å². The fourth-order valence-corrected chi connectivity index (χ4v) is 6.03. The Hall–Kier alpha value is -1.96. The molecule has 0 bridgehead atoms. The van der Waals surface area contributed by atoms with E-state index in [0.717, 1.165) is 34.7 Å². The van der Waals surface area contributed by atoms with E-state index in [9.17, 15) is 13.2 Å². The van der Waals surface area contributed by atoms with E-state index in [0.29, 0.717) is 11.4 Å². The molecular weight excluding hydrogens is 483 g/mol. The van der Waals surface area contributed by atoms with E-state index in [2.05, 4.69) is 19.2 Å². The summed E-state index contributed by atoms with van der Waals surface area (Å²) < 4.78 is 33.0. The van der Waals surface area contributed by atoms with E-state index in [4.69, 9.17) is 27.9 Å². The Labute approximate surface area is 206 Å². The van der Waals surface area contributed by atoms with Gasteiger partial charge in [-0.3, -0.25) is 9.10 Å². The highest BCUT2D eigenvalue weighted by atomic mass is 35.5. The number of rotatable bonds is 8. The number of halogens is 2. The number of carbonyl (C=O) groups is 1. The summed E-state index contributed by atoms with van der Waals surface area (Å²) in [5.41, 5.74) is 0.656. The molecule has 0 aromatic heterocycles. The minimum absolute atomic E-state index is 0.178. The number of ether oxygens (including phenoxy) is 1. The van der Waals surface area contributed by atoms with Crippen LogP contribution in [0.4, 0.5) is 5.69 Å². The Morgan fingerprint density at radius 1 is 1.18 bits per heavy atom. The Morgan fingerprint density at radius 2 is 1.85 bits per heavy atom. The molecule has 1 aliphatic heterocycles. The van der Waals surface area contributed by atoms with E-state index in [1.165, 1.54) is 12.1 Å². The molecule has 1 N–H and O–H groups in total. The second-order valence-corrected chi connectivity index (χ2v) is 11.1. The minimum atomic E-state index is -3.84. The number of benzene rings is 2. The molecule has 180 valence electrons. The van der Waals surface area contributed by atoms with Gasteiger partial charge in [-0.2, -0.15) is 0 Å². The summed E-state index contributed by atoms with van der Waals surface area (Å²) >= 11 is 12.4. The number of para-hydroxylation sites is 1. The lowest BCUT2D eigenvalue weighted by Gasteiger charge is -2.42. The summed E-state index contributed by atoms with van der Waals surface area (Å²) in [4.78, 5) is 13.6. The summed E-state index contributed by atoms with van der Waals surface area (Å²) in [7, 11) is -3.84. The van der Waals surface area contributed by atoms with Crippen molar-refractivity contribution in [3.63, 3.8) is 0 Å². The van der Waals surface area contributed by atoms with Crippen molar-refractivity contribution < 1.29 is 17.9 Å². The molecule has 0 saturated heterocycles. The second-order valence-electron chi connectivity index (χ2n) is 8.37. The molecule has 1 amide bonds. The number of hydrogen-bond acceptors (Lipinski definition) is 4. The predicted molar refractivity (Wildman–Crippen MR) is 134 cm³/mol. The maximum absolute atomic E-state index is 13.6. The number of fused-ring (bicyclic) bond motifs is 1. The van der Waals surface area contributed by atoms with E-state index in [1.54, 1.807) is 13.0 Å². The molecular formula is C24H30Cl2N2O4S. The van der Waals surface area contributed by atoms with Crippen LogP contribution in [0.5, 0.6) is 5.75 Å². The predicted octanol–water partition coefficient (Wildman–Crippen LogP) is 5.74. The molecule has 3 rings (SSSR count). The molecule has 33 heavy (non-hydrogen) atoms. The maximum atomic E-state index is 13.6. The van der Waals surface area contributed by atoms with Crippen LogP contribution in [0, 0.1) is 0 Å². The molecule has 2 aromatic rings. The summed E-state index contributed by atoms with van der Waals surface area (Å²) in [6, 6.07) is 10.9. The highest BCUT2D eigenvalue weighted by Crippen LogP contribution is 2.43. The minimum Gasteiger partial charge on any atom is -0.487 e. The second kappa shape index (κ2) is 10.1. The van der Waals surface area contributed by atoms with Crippen LogP contribution < -0.4 is 14.4 Å². The molecule has 1 heterocycles. The van der Waals surface area contributed by atoms with Gasteiger partial charge in [0.1, 0.15) is 17.4 Å². The van der Waals surface area contributed by atoms with Crippen molar-refractivity contribution in [2.45, 2.75) is 64.1 Å². The Balaban J connectivity index is 1.99. The van der Waals surface area contributed by atoms with Gasteiger partial charge in [0.15, 0.2) is 0 Å². The molecule has 1 aliphatic rings. The molecule has 0 saturated carbocycles. The third-order valence-electron chi connectivity index (χ3n) is 6.28. The Morgan fingerprint density at radius 3 is 2.45 bits per heavy atom. The number of anilines is 1. The van der Waals surface area contributed by atoms with Gasteiger partial charge in [0.2, 0.25) is 15.9 Å². The van der Waals surface area contributed by atoms with Gasteiger partial charge in [0.05, 0.1) is 23.0 Å². The van der Waals surface area contributed by atoms with Crippen molar-refractivity contribution >= 4 is 44.8 Å². The molecule has 0 fully saturated rings. The number of hydrogen-bond donors (Lipinski definition) is 1. The standard InChI is InChI=1S/C24H30Cl2N2O4S/c1-5-20(28(33(4,30)31)21-14-16(25)12-13-18(21)26)23(29)27-19-15-24(6-2,7-3)32-22-11-9-8-10-17(19)22/h8-14,19-20H,5-7,15H2,1-4H3,(H,27,29)/t19-,20-/m0/s1. The van der Waals surface area contributed by atoms with Gasteiger partial charge < -0.3 is 10.1 Å². The van der Waals surface area contributed by atoms with Gasteiger partial charge in [0.25, 0.3) is 0 Å². The zero-order valence-corrected chi connectivity index (χ0v) is 21.6. The molecule has 2 atom stereocenters. The van der Waals surface area contributed by atoms with Crippen LogP contribution in [0.3, 0.4) is 0 Å². The Bertz CT molecular complexity index is 1120. The zero-order valence-electron chi connectivity index (χ0n) is 19.3. The van der Waals surface area contributed by atoms with Crippen molar-refractivity contribution in [1.82, 2.24) is 5.32 Å². The number of nitrogens with zero attached hydrogens (tertiary/aromatic N) is 1. The van der Waals surface area contributed by atoms with Gasteiger partial charge in [-0.05, 0) is 43.5 Å². The van der Waals surface area contributed by atoms with Gasteiger partial charge in [-0.1, -0.05) is 62.2 Å². The lowest BCUT2D eigenvalue weighted by atomic mass is 9.83. The van der Waals surface area contributed by atoms with E-state index < -0.39 is 27.6 Å². The van der Waals surface area contributed by atoms with Crippen LogP contribution in [0.2, 0.25) is 10.0 Å². The van der Waals surface area contributed by atoms with Crippen LogP contribution in [0.15, 0.2) is 42.5 Å². The van der Waals surface area contributed by atoms with Crippen molar-refractivity contribution in [2.24, 2.45) is 0 Å². The molecule has 2 aromatic carbocycles. The monoisotopic (exact) mass is 512 g/mol. The maximum Gasteiger partial charge on any atom is 0.244 e. The average Bonchev–Trinajstić information content (AvgIpc) is 2.78. The number of nitrogens with one attached hydrogen (secondary N) is 1. The van der Waals surface area contributed by atoms with Crippen LogP contribution in [-0.2, 0) is 14.8 Å². The summed E-state index contributed by atoms with van der Waals surface area (Å²) in [5.74, 6) is 0.338. The van der Waals surface area contributed by atoms with Gasteiger partial charge in [0, 0.05) is 17.0 Å². The number of sulfonamides is 1. The van der Waals surface area contributed by atoms with Crippen molar-refractivity contribution in [3.05, 3.63) is 58.1 Å². The summed E-state index contributed by atoms with van der Waals surface area (Å²) in [5, 5.41) is 3.63. The third kappa shape index (κ3) is 5.42. The average molecular weight is 513 g/mol. The lowest BCUT2D eigenvalue weighted by molar-refractivity contribution is -0.123.